The molecule has 3 aromatic carbocycles. The molecule has 0 fully saturated rings. The predicted octanol–water partition coefficient (Wildman–Crippen LogP) is 3.69. The van der Waals surface area contributed by atoms with Gasteiger partial charge in [0.05, 0.1) is 11.4 Å². The van der Waals surface area contributed by atoms with E-state index in [1.807, 2.05) is 68.4 Å². The maximum atomic E-state index is 13.4. The predicted molar refractivity (Wildman–Crippen MR) is 143 cm³/mol. The quantitative estimate of drug-likeness (QED) is 0.427. The molecule has 7 nitrogen and oxygen atoms in total. The molecule has 0 unspecified atom stereocenters. The third-order valence-corrected chi connectivity index (χ3v) is 7.92. The van der Waals surface area contributed by atoms with Gasteiger partial charge in [0.2, 0.25) is 21.8 Å². The number of hydrogen-bond donors (Lipinski definition) is 1. The summed E-state index contributed by atoms with van der Waals surface area (Å²) in [6.07, 6.45) is 0.551. The zero-order valence-electron chi connectivity index (χ0n) is 21.3. The topological polar surface area (TPSA) is 86.8 Å². The Balaban J connectivity index is 1.78. The Bertz CT molecular complexity index is 1290. The Morgan fingerprint density at radius 1 is 0.889 bits per heavy atom. The van der Waals surface area contributed by atoms with Gasteiger partial charge in [0.25, 0.3) is 0 Å². The Morgan fingerprint density at radius 2 is 1.53 bits per heavy atom. The largest absolute Gasteiger partial charge is 0.354 e. The Kier molecular flexibility index (Phi) is 9.23. The van der Waals surface area contributed by atoms with E-state index in [4.69, 9.17) is 0 Å². The lowest BCUT2D eigenvalue weighted by atomic mass is 10.1. The number of hydrogen-bond acceptors (Lipinski definition) is 4. The number of nitrogens with one attached hydrogen (secondary N) is 1. The maximum Gasteiger partial charge on any atom is 0.243 e. The van der Waals surface area contributed by atoms with Crippen molar-refractivity contribution in [2.45, 2.75) is 38.1 Å². The Labute approximate surface area is 214 Å². The van der Waals surface area contributed by atoms with E-state index in [0.29, 0.717) is 19.5 Å². The minimum absolute atomic E-state index is 0.120. The first kappa shape index (κ1) is 27.4. The van der Waals surface area contributed by atoms with Gasteiger partial charge in [0, 0.05) is 20.1 Å². The van der Waals surface area contributed by atoms with Crippen LogP contribution in [0.4, 0.5) is 0 Å². The van der Waals surface area contributed by atoms with Crippen molar-refractivity contribution in [1.29, 1.82) is 0 Å². The fourth-order valence-electron chi connectivity index (χ4n) is 3.90. The third-order valence-electron chi connectivity index (χ3n) is 6.12. The number of rotatable bonds is 11. The summed E-state index contributed by atoms with van der Waals surface area (Å²) in [4.78, 5) is 27.8. The van der Waals surface area contributed by atoms with Gasteiger partial charge >= 0.3 is 0 Å². The van der Waals surface area contributed by atoms with Crippen LogP contribution in [-0.2, 0) is 26.0 Å². The van der Waals surface area contributed by atoms with Crippen molar-refractivity contribution < 1.29 is 18.0 Å². The van der Waals surface area contributed by atoms with Gasteiger partial charge < -0.3 is 10.2 Å². The van der Waals surface area contributed by atoms with E-state index in [9.17, 15) is 18.0 Å². The number of fused-ring (bicyclic) bond motifs is 1. The Hall–Kier alpha value is -3.23. The molecule has 0 aliphatic carbocycles. The molecular formula is C28H35N3O4S. The molecule has 0 saturated heterocycles. The molecule has 0 aromatic heterocycles. The SMILES string of the molecule is CC(C)CNC(=O)[C@@H](C)N(CCc1ccccc1)C(=O)CN(C)S(=O)(=O)c1ccc2ccccc2c1. The van der Waals surface area contributed by atoms with Crippen LogP contribution in [0, 0.1) is 5.92 Å². The summed E-state index contributed by atoms with van der Waals surface area (Å²) in [6.45, 7) is 6.09. The van der Waals surface area contributed by atoms with Crippen LogP contribution in [0.15, 0.2) is 77.7 Å². The molecule has 36 heavy (non-hydrogen) atoms. The van der Waals surface area contributed by atoms with Gasteiger partial charge in [-0.1, -0.05) is 74.5 Å². The first-order chi connectivity index (χ1) is 17.1. The molecule has 0 aliphatic heterocycles. The summed E-state index contributed by atoms with van der Waals surface area (Å²) >= 11 is 0. The number of carbonyl (C=O) groups excluding carboxylic acids is 2. The van der Waals surface area contributed by atoms with Gasteiger partial charge in [0.15, 0.2) is 0 Å². The second-order valence-corrected chi connectivity index (χ2v) is 11.5. The minimum atomic E-state index is -3.91. The number of benzene rings is 3. The van der Waals surface area contributed by atoms with Crippen molar-refractivity contribution >= 4 is 32.6 Å². The molecule has 0 saturated carbocycles. The summed E-state index contributed by atoms with van der Waals surface area (Å²) in [5.41, 5.74) is 1.03. The standard InChI is InChI=1S/C28H35N3O4S/c1-21(2)19-29-28(33)22(3)31(17-16-23-10-6-5-7-11-23)27(32)20-30(4)36(34,35)26-15-14-24-12-8-9-13-25(24)18-26/h5-15,18,21-22H,16-17,19-20H2,1-4H3,(H,29,33)/t22-/m1/s1. The number of likely N-dealkylation sites (N-methyl/N-ethyl adjacent to an activating group) is 1. The van der Waals surface area contributed by atoms with Crippen molar-refractivity contribution in [3.8, 4) is 0 Å². The molecular weight excluding hydrogens is 474 g/mol. The lowest BCUT2D eigenvalue weighted by molar-refractivity contribution is -0.139. The lowest BCUT2D eigenvalue weighted by Gasteiger charge is -2.30. The van der Waals surface area contributed by atoms with E-state index in [0.717, 1.165) is 20.6 Å². The molecule has 2 amide bonds. The molecule has 0 aliphatic rings. The summed E-state index contributed by atoms with van der Waals surface area (Å²) in [5.74, 6) is -0.414. The fourth-order valence-corrected chi connectivity index (χ4v) is 5.05. The summed E-state index contributed by atoms with van der Waals surface area (Å²) in [6, 6.07) is 21.4. The highest BCUT2D eigenvalue weighted by atomic mass is 32.2. The van der Waals surface area contributed by atoms with Crippen molar-refractivity contribution in [3.05, 3.63) is 78.4 Å². The zero-order valence-corrected chi connectivity index (χ0v) is 22.2. The van der Waals surface area contributed by atoms with E-state index in [1.165, 1.54) is 11.9 Å². The number of sulfonamides is 1. The van der Waals surface area contributed by atoms with Gasteiger partial charge in [0.1, 0.15) is 6.04 Å². The van der Waals surface area contributed by atoms with E-state index in [1.54, 1.807) is 25.1 Å². The summed E-state index contributed by atoms with van der Waals surface area (Å²) in [7, 11) is -2.52. The van der Waals surface area contributed by atoms with E-state index >= 15 is 0 Å². The second kappa shape index (κ2) is 12.1. The van der Waals surface area contributed by atoms with Crippen LogP contribution in [0.25, 0.3) is 10.8 Å². The number of nitrogens with zero attached hydrogens (tertiary/aromatic N) is 2. The van der Waals surface area contributed by atoms with E-state index in [-0.39, 0.29) is 23.3 Å². The van der Waals surface area contributed by atoms with Gasteiger partial charge in [-0.05, 0) is 47.7 Å². The van der Waals surface area contributed by atoms with Crippen molar-refractivity contribution in [1.82, 2.24) is 14.5 Å². The Morgan fingerprint density at radius 3 is 2.19 bits per heavy atom. The third kappa shape index (κ3) is 6.92. The summed E-state index contributed by atoms with van der Waals surface area (Å²) < 4.78 is 27.6. The monoisotopic (exact) mass is 509 g/mol. The van der Waals surface area contributed by atoms with Gasteiger partial charge in [-0.15, -0.1) is 0 Å². The van der Waals surface area contributed by atoms with Gasteiger partial charge in [-0.25, -0.2) is 8.42 Å². The highest BCUT2D eigenvalue weighted by molar-refractivity contribution is 7.89. The van der Waals surface area contributed by atoms with Gasteiger partial charge in [-0.2, -0.15) is 4.31 Å². The van der Waals surface area contributed by atoms with Crippen molar-refractivity contribution in [3.63, 3.8) is 0 Å². The smallest absolute Gasteiger partial charge is 0.243 e. The molecule has 192 valence electrons. The molecule has 0 bridgehead atoms. The van der Waals surface area contributed by atoms with Crippen LogP contribution in [0.3, 0.4) is 0 Å². The molecule has 8 heteroatoms. The molecule has 0 heterocycles. The normalized spacial score (nSPS) is 12.6. The van der Waals surface area contributed by atoms with Crippen molar-refractivity contribution in [2.24, 2.45) is 5.92 Å². The molecule has 3 rings (SSSR count). The van der Waals surface area contributed by atoms with E-state index < -0.39 is 22.0 Å². The van der Waals surface area contributed by atoms with Crippen molar-refractivity contribution in [2.75, 3.05) is 26.7 Å². The number of amides is 2. The van der Waals surface area contributed by atoms with Crippen LogP contribution in [0.2, 0.25) is 0 Å². The highest BCUT2D eigenvalue weighted by Gasteiger charge is 2.30. The maximum absolute atomic E-state index is 13.4. The molecule has 1 N–H and O–H groups in total. The van der Waals surface area contributed by atoms with Crippen LogP contribution >= 0.6 is 0 Å². The molecule has 3 aromatic rings. The first-order valence-corrected chi connectivity index (χ1v) is 13.6. The molecule has 0 spiro atoms. The zero-order chi connectivity index (χ0) is 26.3. The van der Waals surface area contributed by atoms with Crippen LogP contribution in [-0.4, -0.2) is 62.2 Å². The highest BCUT2D eigenvalue weighted by Crippen LogP contribution is 2.21. The first-order valence-electron chi connectivity index (χ1n) is 12.2. The molecule has 1 atom stereocenters. The van der Waals surface area contributed by atoms with Gasteiger partial charge in [-0.3, -0.25) is 9.59 Å². The lowest BCUT2D eigenvalue weighted by Crippen LogP contribution is -2.52. The minimum Gasteiger partial charge on any atom is -0.354 e. The summed E-state index contributed by atoms with van der Waals surface area (Å²) in [5, 5.41) is 4.61. The average molecular weight is 510 g/mol. The second-order valence-electron chi connectivity index (χ2n) is 9.41. The van der Waals surface area contributed by atoms with Crippen LogP contribution in [0.1, 0.15) is 26.3 Å². The van der Waals surface area contributed by atoms with Crippen LogP contribution in [0.5, 0.6) is 0 Å². The molecule has 0 radical (unpaired) electrons. The fraction of sp³-hybridized carbons (Fsp3) is 0.357. The average Bonchev–Trinajstić information content (AvgIpc) is 2.87. The number of carbonyl (C=O) groups is 2. The van der Waals surface area contributed by atoms with Crippen LogP contribution < -0.4 is 5.32 Å². The van der Waals surface area contributed by atoms with E-state index in [2.05, 4.69) is 5.32 Å².